The Bertz CT molecular complexity index is 1970. The maximum atomic E-state index is 13.2. The molecule has 2 aromatic rings. The number of phenolic OH excluding ortho intramolecular Hbond substituents is 3. The molecule has 0 saturated carbocycles. The minimum absolute atomic E-state index is 0.0334. The second-order valence-corrected chi connectivity index (χ2v) is 14.7. The monoisotopic (exact) mass is 844 g/mol. The lowest BCUT2D eigenvalue weighted by Gasteiger charge is -2.47. The van der Waals surface area contributed by atoms with Gasteiger partial charge in [0.1, 0.15) is 48.8 Å². The molecule has 0 unspecified atom stereocenters. The molecule has 18 heteroatoms. The van der Waals surface area contributed by atoms with E-state index in [9.17, 15) is 50.8 Å². The number of phenols is 3. The highest BCUT2D eigenvalue weighted by molar-refractivity contribution is 5.92. The number of rotatable bonds is 14. The number of methoxy groups -OCH3 is 2. The number of hydrogen-bond acceptors (Lipinski definition) is 18. The van der Waals surface area contributed by atoms with Crippen molar-refractivity contribution in [3.63, 3.8) is 0 Å². The van der Waals surface area contributed by atoms with Gasteiger partial charge in [-0.05, 0) is 55.7 Å². The van der Waals surface area contributed by atoms with Gasteiger partial charge in [-0.2, -0.15) is 0 Å². The molecule has 0 aliphatic carbocycles. The van der Waals surface area contributed by atoms with Crippen LogP contribution in [0.25, 0.3) is 0 Å². The van der Waals surface area contributed by atoms with Gasteiger partial charge in [-0.25, -0.2) is 0 Å². The van der Waals surface area contributed by atoms with Gasteiger partial charge < -0.3 is 83.9 Å². The number of benzene rings is 2. The molecule has 4 heterocycles. The average Bonchev–Trinajstić information content (AvgIpc) is 3.23. The van der Waals surface area contributed by atoms with Gasteiger partial charge in [-0.1, -0.05) is 36.5 Å². The zero-order valence-corrected chi connectivity index (χ0v) is 33.4. The van der Waals surface area contributed by atoms with Crippen LogP contribution >= 0.6 is 0 Å². The first-order valence-corrected chi connectivity index (χ1v) is 19.3. The zero-order chi connectivity index (χ0) is 43.5. The van der Waals surface area contributed by atoms with Gasteiger partial charge in [0.05, 0.1) is 25.7 Å². The first-order valence-electron chi connectivity index (χ1n) is 19.3. The van der Waals surface area contributed by atoms with Crippen LogP contribution in [0.15, 0.2) is 60.7 Å². The molecule has 2 aromatic carbocycles. The summed E-state index contributed by atoms with van der Waals surface area (Å²) in [6, 6.07) is 2.61. The van der Waals surface area contributed by atoms with E-state index in [0.29, 0.717) is 16.7 Å². The highest BCUT2D eigenvalue weighted by Gasteiger charge is 2.53. The maximum Gasteiger partial charge on any atom is 0.238 e. The Hall–Kier alpha value is -4.57. The van der Waals surface area contributed by atoms with Gasteiger partial charge in [0.25, 0.3) is 0 Å². The van der Waals surface area contributed by atoms with Gasteiger partial charge >= 0.3 is 0 Å². The fourth-order valence-electron chi connectivity index (χ4n) is 7.95. The summed E-state index contributed by atoms with van der Waals surface area (Å²) < 4.78 is 46.8. The van der Waals surface area contributed by atoms with Crippen LogP contribution in [0.3, 0.4) is 0 Å². The van der Waals surface area contributed by atoms with Crippen molar-refractivity contribution in [1.29, 1.82) is 0 Å². The summed E-state index contributed by atoms with van der Waals surface area (Å²) in [5.74, 6) is -5.67. The lowest BCUT2D eigenvalue weighted by atomic mass is 9.76. The number of ketones is 1. The number of allylic oxidation sites excluding steroid dienone is 7. The number of carbonyl (C=O) groups excluding carboxylic acids is 1. The normalized spacial score (nSPS) is 32.9. The van der Waals surface area contributed by atoms with Gasteiger partial charge in [0, 0.05) is 31.8 Å². The molecule has 18 nitrogen and oxygen atoms in total. The Morgan fingerprint density at radius 1 is 0.783 bits per heavy atom. The molecule has 60 heavy (non-hydrogen) atoms. The third kappa shape index (κ3) is 8.50. The van der Waals surface area contributed by atoms with Crippen molar-refractivity contribution in [3.8, 4) is 34.5 Å². The van der Waals surface area contributed by atoms with E-state index >= 15 is 0 Å². The molecule has 0 bridgehead atoms. The van der Waals surface area contributed by atoms with Gasteiger partial charge in [0.2, 0.25) is 29.9 Å². The molecule has 0 radical (unpaired) electrons. The molecule has 0 amide bonds. The summed E-state index contributed by atoms with van der Waals surface area (Å²) >= 11 is 0. The molecular formula is C42H52O18. The number of aromatic hydroxyl groups is 3. The summed E-state index contributed by atoms with van der Waals surface area (Å²) in [4.78, 5) is 13.2. The van der Waals surface area contributed by atoms with E-state index in [4.69, 9.17) is 37.9 Å². The van der Waals surface area contributed by atoms with Crippen molar-refractivity contribution in [3.05, 3.63) is 83.0 Å². The summed E-state index contributed by atoms with van der Waals surface area (Å²) in [5, 5.41) is 97.8. The van der Waals surface area contributed by atoms with Crippen LogP contribution in [0.2, 0.25) is 0 Å². The minimum atomic E-state index is -1.75. The van der Waals surface area contributed by atoms with Crippen molar-refractivity contribution >= 4 is 5.78 Å². The summed E-state index contributed by atoms with van der Waals surface area (Å²) in [6.07, 6.45) is -1.67. The zero-order valence-electron chi connectivity index (χ0n) is 33.4. The van der Waals surface area contributed by atoms with Crippen molar-refractivity contribution in [2.45, 2.75) is 106 Å². The van der Waals surface area contributed by atoms with E-state index in [1.54, 1.807) is 56.4 Å². The molecule has 0 spiro atoms. The van der Waals surface area contributed by atoms with Crippen LogP contribution in [0.1, 0.15) is 42.0 Å². The van der Waals surface area contributed by atoms with Crippen molar-refractivity contribution in [2.24, 2.45) is 0 Å². The molecule has 0 aromatic heterocycles. The predicted octanol–water partition coefficient (Wildman–Crippen LogP) is 0.790. The number of aliphatic hydroxyl groups is 6. The summed E-state index contributed by atoms with van der Waals surface area (Å²) in [7, 11) is 2.54. The van der Waals surface area contributed by atoms with Crippen LogP contribution in [0.4, 0.5) is 0 Å². The number of carbonyl (C=O) groups is 1. The molecule has 4 aliphatic heterocycles. The SMILES string of the molecule is C/C=C/C=C/C(=O)Cc1cc(O)c(O[C@@H]2O[C@H](CO)[C@@H](OC)[C@H](O)[C@H]2O)c2c1C[C@@H]1c3cc(O)c(O[C@@H]4O[C@H](CO)[C@@H](OC)[C@H](O)[C@H]4O)c(O)c3CO[C@@]1(/C=C/C=C/C)O2. The quantitative estimate of drug-likeness (QED) is 0.0940. The lowest BCUT2D eigenvalue weighted by Crippen LogP contribution is -2.60. The van der Waals surface area contributed by atoms with E-state index in [-0.39, 0.29) is 42.3 Å². The van der Waals surface area contributed by atoms with Crippen molar-refractivity contribution in [2.75, 3.05) is 27.4 Å². The Balaban J connectivity index is 1.45. The fraction of sp³-hybridized carbons (Fsp3) is 0.500. The van der Waals surface area contributed by atoms with Crippen LogP contribution in [0.5, 0.6) is 34.5 Å². The van der Waals surface area contributed by atoms with Gasteiger partial charge in [-0.15, -0.1) is 0 Å². The Morgan fingerprint density at radius 2 is 1.35 bits per heavy atom. The molecule has 2 fully saturated rings. The van der Waals surface area contributed by atoms with E-state index < -0.39 is 109 Å². The van der Waals surface area contributed by atoms with E-state index in [0.717, 1.165) is 0 Å². The van der Waals surface area contributed by atoms with Crippen LogP contribution in [0, 0.1) is 0 Å². The van der Waals surface area contributed by atoms with E-state index in [1.165, 1.54) is 32.4 Å². The van der Waals surface area contributed by atoms with Gasteiger partial charge in [0.15, 0.2) is 28.8 Å². The molecule has 9 N–H and O–H groups in total. The molecular weight excluding hydrogens is 792 g/mol. The molecule has 4 aliphatic rings. The second kappa shape index (κ2) is 19.0. The third-order valence-corrected chi connectivity index (χ3v) is 11.0. The Labute approximate surface area is 345 Å². The smallest absolute Gasteiger partial charge is 0.238 e. The number of hydrogen-bond donors (Lipinski definition) is 9. The van der Waals surface area contributed by atoms with E-state index in [2.05, 4.69) is 0 Å². The minimum Gasteiger partial charge on any atom is -0.504 e. The Morgan fingerprint density at radius 3 is 1.92 bits per heavy atom. The maximum absolute atomic E-state index is 13.2. The molecule has 12 atom stereocenters. The van der Waals surface area contributed by atoms with Crippen LogP contribution in [-0.4, -0.2) is 146 Å². The molecule has 328 valence electrons. The van der Waals surface area contributed by atoms with E-state index in [1.807, 2.05) is 0 Å². The number of fused-ring (bicyclic) bond motifs is 4. The number of aliphatic hydroxyl groups excluding tert-OH is 6. The first-order chi connectivity index (χ1) is 28.8. The summed E-state index contributed by atoms with van der Waals surface area (Å²) in [6.45, 7) is 1.98. The van der Waals surface area contributed by atoms with Crippen LogP contribution < -0.4 is 14.2 Å². The van der Waals surface area contributed by atoms with Gasteiger partial charge in [-0.3, -0.25) is 4.79 Å². The fourth-order valence-corrected chi connectivity index (χ4v) is 7.95. The Kier molecular flexibility index (Phi) is 14.2. The third-order valence-electron chi connectivity index (χ3n) is 11.0. The second-order valence-electron chi connectivity index (χ2n) is 14.7. The first kappa shape index (κ1) is 45.0. The standard InChI is InChI=1S/C42H52O18/c1-5-7-9-11-21(45)13-20-14-26(46)37(59-41-34(52)32(50)39(54-4)29(18-44)57-41)35-22(20)15-25-23-16-27(47)36(58-40-33(51)31(49)38(53-3)28(17-43)56-40)30(48)24(23)19-55-42(25,60-35)12-10-8-6-2/h5-12,14,16,25,28-29,31-34,38-41,43-44,46-52H,13,15,17-19H2,1-4H3/b7-5+,8-6+,11-9+,12-10+/t25-,28-,29-,31-,32-,33-,34-,38-,39-,40+,41+,42+/m1/s1. The average molecular weight is 845 g/mol. The topological polar surface area (TPSA) is 273 Å². The van der Waals surface area contributed by atoms with Crippen molar-refractivity contribution in [1.82, 2.24) is 0 Å². The lowest BCUT2D eigenvalue weighted by molar-refractivity contribution is -0.282. The van der Waals surface area contributed by atoms with Crippen molar-refractivity contribution < 1.29 is 88.6 Å². The largest absolute Gasteiger partial charge is 0.504 e. The predicted molar refractivity (Wildman–Crippen MR) is 207 cm³/mol. The number of ether oxygens (including phenoxy) is 8. The van der Waals surface area contributed by atoms with Crippen LogP contribution in [-0.2, 0) is 47.9 Å². The molecule has 6 rings (SSSR count). The highest BCUT2D eigenvalue weighted by Crippen LogP contribution is 2.57. The molecule has 2 saturated heterocycles. The highest BCUT2D eigenvalue weighted by atomic mass is 16.7. The summed E-state index contributed by atoms with van der Waals surface area (Å²) in [5.41, 5.74) is 1.11.